The van der Waals surface area contributed by atoms with Crippen molar-refractivity contribution >= 4 is 28.2 Å². The van der Waals surface area contributed by atoms with Crippen molar-refractivity contribution in [3.8, 4) is 0 Å². The summed E-state index contributed by atoms with van der Waals surface area (Å²) in [5.74, 6) is -0.419. The van der Waals surface area contributed by atoms with Gasteiger partial charge in [-0.25, -0.2) is 19.7 Å². The standard InChI is InChI=1S/C20H17N5O3/c26-19(15-5-6-16-18(23-15)24-20(27)28-16)25-10-7-12(8-11-25)14-4-3-13-2-1-9-21-17(13)22-14/h1-6,9,12H,7-8,10-11H2,(H,23,24,27). The van der Waals surface area contributed by atoms with Crippen LogP contribution in [0.2, 0.25) is 0 Å². The van der Waals surface area contributed by atoms with Crippen molar-refractivity contribution in [2.75, 3.05) is 13.1 Å². The molecule has 4 aromatic heterocycles. The van der Waals surface area contributed by atoms with Crippen molar-refractivity contribution in [2.24, 2.45) is 0 Å². The Labute approximate surface area is 159 Å². The molecule has 1 fully saturated rings. The fraction of sp³-hybridized carbons (Fsp3) is 0.250. The van der Waals surface area contributed by atoms with Crippen LogP contribution < -0.4 is 5.76 Å². The van der Waals surface area contributed by atoms with Gasteiger partial charge in [0.25, 0.3) is 5.91 Å². The lowest BCUT2D eigenvalue weighted by Gasteiger charge is -2.31. The number of hydrogen-bond acceptors (Lipinski definition) is 6. The molecular formula is C20H17N5O3. The molecule has 0 spiro atoms. The van der Waals surface area contributed by atoms with Crippen molar-refractivity contribution in [1.29, 1.82) is 0 Å². The highest BCUT2D eigenvalue weighted by Gasteiger charge is 2.26. The van der Waals surface area contributed by atoms with Gasteiger partial charge in [-0.15, -0.1) is 0 Å². The number of carbonyl (C=O) groups is 1. The molecule has 0 aromatic carbocycles. The third-order valence-electron chi connectivity index (χ3n) is 5.19. The molecule has 0 unspecified atom stereocenters. The van der Waals surface area contributed by atoms with Gasteiger partial charge < -0.3 is 9.32 Å². The molecule has 5 heterocycles. The molecule has 140 valence electrons. The zero-order valence-corrected chi connectivity index (χ0v) is 15.0. The summed E-state index contributed by atoms with van der Waals surface area (Å²) in [5.41, 5.74) is 2.71. The molecule has 1 saturated heterocycles. The number of nitrogens with zero attached hydrogens (tertiary/aromatic N) is 4. The van der Waals surface area contributed by atoms with Gasteiger partial charge in [-0.1, -0.05) is 0 Å². The van der Waals surface area contributed by atoms with Crippen LogP contribution in [-0.4, -0.2) is 43.8 Å². The zero-order chi connectivity index (χ0) is 19.1. The quantitative estimate of drug-likeness (QED) is 0.577. The summed E-state index contributed by atoms with van der Waals surface area (Å²) in [6.45, 7) is 1.26. The van der Waals surface area contributed by atoms with Gasteiger partial charge in [-0.3, -0.25) is 9.78 Å². The smallest absolute Gasteiger partial charge is 0.406 e. The van der Waals surface area contributed by atoms with Crippen LogP contribution in [0.25, 0.3) is 22.3 Å². The lowest BCUT2D eigenvalue weighted by molar-refractivity contribution is 0.0706. The van der Waals surface area contributed by atoms with Gasteiger partial charge in [-0.2, -0.15) is 0 Å². The van der Waals surface area contributed by atoms with Gasteiger partial charge in [0.2, 0.25) is 0 Å². The molecule has 1 aliphatic rings. The number of aromatic nitrogens is 4. The van der Waals surface area contributed by atoms with E-state index in [1.54, 1.807) is 23.2 Å². The Bertz CT molecular complexity index is 1240. The van der Waals surface area contributed by atoms with E-state index in [1.807, 2.05) is 18.2 Å². The lowest BCUT2D eigenvalue weighted by Crippen LogP contribution is -2.38. The molecule has 5 rings (SSSR count). The first-order chi connectivity index (χ1) is 13.7. The number of nitrogens with one attached hydrogen (secondary N) is 1. The summed E-state index contributed by atoms with van der Waals surface area (Å²) >= 11 is 0. The first-order valence-electron chi connectivity index (χ1n) is 9.18. The summed E-state index contributed by atoms with van der Waals surface area (Å²) in [5, 5.41) is 1.03. The average molecular weight is 375 g/mol. The summed E-state index contributed by atoms with van der Waals surface area (Å²) in [4.78, 5) is 41.6. The molecule has 0 radical (unpaired) electrons. The second kappa shape index (κ2) is 6.56. The SMILES string of the molecule is O=C(c1ccc2oc(=O)[nH]c2n1)N1CCC(c2ccc3cccnc3n2)CC1. The van der Waals surface area contributed by atoms with Crippen LogP contribution in [0.3, 0.4) is 0 Å². The maximum Gasteiger partial charge on any atom is 0.418 e. The molecule has 4 aromatic rings. The number of pyridine rings is 3. The average Bonchev–Trinajstić information content (AvgIpc) is 3.12. The van der Waals surface area contributed by atoms with E-state index >= 15 is 0 Å². The lowest BCUT2D eigenvalue weighted by atomic mass is 9.92. The normalized spacial score (nSPS) is 15.4. The number of hydrogen-bond donors (Lipinski definition) is 1. The predicted molar refractivity (Wildman–Crippen MR) is 102 cm³/mol. The topological polar surface area (TPSA) is 105 Å². The number of oxazole rings is 1. The molecule has 1 aliphatic heterocycles. The van der Waals surface area contributed by atoms with Crippen LogP contribution in [-0.2, 0) is 0 Å². The second-order valence-electron chi connectivity index (χ2n) is 6.91. The van der Waals surface area contributed by atoms with Gasteiger partial charge >= 0.3 is 5.76 Å². The Morgan fingerprint density at radius 1 is 1.11 bits per heavy atom. The first kappa shape index (κ1) is 16.6. The van der Waals surface area contributed by atoms with E-state index in [-0.39, 0.29) is 5.91 Å². The van der Waals surface area contributed by atoms with Crippen molar-refractivity contribution in [3.63, 3.8) is 0 Å². The first-order valence-corrected chi connectivity index (χ1v) is 9.18. The number of aromatic amines is 1. The fourth-order valence-corrected chi connectivity index (χ4v) is 3.69. The monoisotopic (exact) mass is 375 g/mol. The second-order valence-corrected chi connectivity index (χ2v) is 6.91. The van der Waals surface area contributed by atoms with Gasteiger partial charge in [0.05, 0.1) is 0 Å². The Morgan fingerprint density at radius 3 is 2.82 bits per heavy atom. The van der Waals surface area contributed by atoms with E-state index in [0.29, 0.717) is 35.9 Å². The number of piperidine rings is 1. The van der Waals surface area contributed by atoms with E-state index in [1.165, 1.54) is 0 Å². The van der Waals surface area contributed by atoms with Crippen LogP contribution in [0.4, 0.5) is 0 Å². The Balaban J connectivity index is 1.31. The Hall–Kier alpha value is -3.55. The van der Waals surface area contributed by atoms with Gasteiger partial charge in [0.15, 0.2) is 16.9 Å². The van der Waals surface area contributed by atoms with E-state index in [9.17, 15) is 9.59 Å². The minimum absolute atomic E-state index is 0.143. The van der Waals surface area contributed by atoms with E-state index in [4.69, 9.17) is 9.40 Å². The molecule has 0 atom stereocenters. The Kier molecular flexibility index (Phi) is 3.89. The highest BCUT2D eigenvalue weighted by molar-refractivity contribution is 5.94. The van der Waals surface area contributed by atoms with Crippen molar-refractivity contribution in [3.05, 3.63) is 64.5 Å². The molecule has 0 saturated carbocycles. The predicted octanol–water partition coefficient (Wildman–Crippen LogP) is 2.48. The van der Waals surface area contributed by atoms with Crippen molar-refractivity contribution in [2.45, 2.75) is 18.8 Å². The third-order valence-corrected chi connectivity index (χ3v) is 5.19. The van der Waals surface area contributed by atoms with Crippen LogP contribution in [0.1, 0.15) is 34.9 Å². The summed E-state index contributed by atoms with van der Waals surface area (Å²) in [7, 11) is 0. The fourth-order valence-electron chi connectivity index (χ4n) is 3.69. The number of fused-ring (bicyclic) bond motifs is 2. The summed E-state index contributed by atoms with van der Waals surface area (Å²) in [6.07, 6.45) is 3.42. The molecular weight excluding hydrogens is 358 g/mol. The van der Waals surface area contributed by atoms with Crippen LogP contribution >= 0.6 is 0 Å². The zero-order valence-electron chi connectivity index (χ0n) is 15.0. The number of carbonyl (C=O) groups excluding carboxylic acids is 1. The van der Waals surface area contributed by atoms with Gasteiger partial charge in [0.1, 0.15) is 5.69 Å². The number of rotatable bonds is 2. The van der Waals surface area contributed by atoms with Gasteiger partial charge in [0, 0.05) is 36.3 Å². The maximum atomic E-state index is 12.8. The van der Waals surface area contributed by atoms with E-state index in [0.717, 1.165) is 29.6 Å². The van der Waals surface area contributed by atoms with Gasteiger partial charge in [-0.05, 0) is 49.2 Å². The van der Waals surface area contributed by atoms with Crippen molar-refractivity contribution in [1.82, 2.24) is 24.8 Å². The van der Waals surface area contributed by atoms with Crippen LogP contribution in [0.15, 0.2) is 51.8 Å². The number of likely N-dealkylation sites (tertiary alicyclic amines) is 1. The third kappa shape index (κ3) is 2.92. The molecule has 0 aliphatic carbocycles. The minimum atomic E-state index is -0.578. The molecule has 8 nitrogen and oxygen atoms in total. The van der Waals surface area contributed by atoms with E-state index < -0.39 is 5.76 Å². The molecule has 28 heavy (non-hydrogen) atoms. The molecule has 0 bridgehead atoms. The number of amides is 1. The summed E-state index contributed by atoms with van der Waals surface area (Å²) < 4.78 is 4.93. The molecule has 1 amide bonds. The summed E-state index contributed by atoms with van der Waals surface area (Å²) in [6, 6.07) is 11.2. The van der Waals surface area contributed by atoms with E-state index in [2.05, 4.69) is 21.0 Å². The van der Waals surface area contributed by atoms with Crippen molar-refractivity contribution < 1.29 is 9.21 Å². The number of H-pyrrole nitrogens is 1. The Morgan fingerprint density at radius 2 is 1.96 bits per heavy atom. The molecule has 8 heteroatoms. The molecule has 1 N–H and O–H groups in total. The minimum Gasteiger partial charge on any atom is -0.406 e. The largest absolute Gasteiger partial charge is 0.418 e. The maximum absolute atomic E-state index is 12.8. The highest BCUT2D eigenvalue weighted by atomic mass is 16.4. The van der Waals surface area contributed by atoms with Crippen LogP contribution in [0.5, 0.6) is 0 Å². The van der Waals surface area contributed by atoms with Crippen LogP contribution in [0, 0.1) is 0 Å². The highest BCUT2D eigenvalue weighted by Crippen LogP contribution is 2.28.